The summed E-state index contributed by atoms with van der Waals surface area (Å²) < 4.78 is 0. The van der Waals surface area contributed by atoms with E-state index in [1.165, 1.54) is 0 Å². The summed E-state index contributed by atoms with van der Waals surface area (Å²) in [5.74, 6) is 0. The number of hydrogen-bond donors (Lipinski definition) is 0. The van der Waals surface area contributed by atoms with Gasteiger partial charge in [0.05, 0.1) is 0 Å². The zero-order valence-electron chi connectivity index (χ0n) is 3.89. The Hall–Kier alpha value is 0.0187. The molecule has 0 aliphatic rings. The van der Waals surface area contributed by atoms with Crippen molar-refractivity contribution in [1.82, 2.24) is 0 Å². The van der Waals surface area contributed by atoms with Crippen molar-refractivity contribution < 1.29 is 0 Å². The normalized spacial score (nSPS) is 6.86. The van der Waals surface area contributed by atoms with Crippen molar-refractivity contribution in [3.63, 3.8) is 0 Å². The van der Waals surface area contributed by atoms with E-state index in [1.54, 1.807) is 0 Å². The molecule has 0 nitrogen and oxygen atoms in total. The van der Waals surface area contributed by atoms with E-state index >= 15 is 0 Å². The van der Waals surface area contributed by atoms with Gasteiger partial charge in [-0.05, 0) is 0 Å². The summed E-state index contributed by atoms with van der Waals surface area (Å²) in [6.07, 6.45) is 0. The third kappa shape index (κ3) is 2.68. The van der Waals surface area contributed by atoms with Gasteiger partial charge in [-0.15, -0.1) is 0 Å². The summed E-state index contributed by atoms with van der Waals surface area (Å²) in [7, 11) is 0. The van der Waals surface area contributed by atoms with E-state index in [4.69, 9.17) is 0 Å². The van der Waals surface area contributed by atoms with Crippen molar-refractivity contribution in [3.8, 4) is 0 Å². The van der Waals surface area contributed by atoms with Gasteiger partial charge >= 0.3 is 23.9 Å². The van der Waals surface area contributed by atoms with E-state index in [9.17, 15) is 0 Å². The average Bonchev–Trinajstić information content (AvgIpc) is 1.72. The van der Waals surface area contributed by atoms with Gasteiger partial charge in [0.15, 0.2) is 0 Å². The minimum absolute atomic E-state index is 0. The molecule has 1 aromatic rings. The van der Waals surface area contributed by atoms with Crippen LogP contribution in [0.2, 0.25) is 0 Å². The van der Waals surface area contributed by atoms with Gasteiger partial charge < -0.3 is 0 Å². The Balaban J connectivity index is 0.000000360. The zero-order valence-corrected chi connectivity index (χ0v) is 6.74. The van der Waals surface area contributed by atoms with Crippen LogP contribution in [0.15, 0.2) is 30.3 Å². The Bertz CT molecular complexity index is 76.1. The van der Waals surface area contributed by atoms with Gasteiger partial charge in [0, 0.05) is 0 Å². The van der Waals surface area contributed by atoms with Gasteiger partial charge in [-0.25, -0.2) is 0 Å². The van der Waals surface area contributed by atoms with E-state index in [0.717, 1.165) is 0 Å². The van der Waals surface area contributed by atoms with Crippen LogP contribution in [0.3, 0.4) is 0 Å². The topological polar surface area (TPSA) is 0 Å². The molecule has 0 bridgehead atoms. The smallest absolute Gasteiger partial charge is 0.184 e. The predicted octanol–water partition coefficient (Wildman–Crippen LogP) is 1.11. The number of benzene rings is 1. The van der Waals surface area contributed by atoms with Crippen LogP contribution >= 0.6 is 0 Å². The molecular weight excluding hydrogens is 191 g/mol. The fourth-order valence-electron chi connectivity index (χ4n) is 0.342. The van der Waals surface area contributed by atoms with E-state index in [-0.39, 0.29) is 23.9 Å². The van der Waals surface area contributed by atoms with Gasteiger partial charge in [0.2, 0.25) is 0 Å². The van der Waals surface area contributed by atoms with Gasteiger partial charge in [-0.2, -0.15) is 36.4 Å². The summed E-state index contributed by atoms with van der Waals surface area (Å²) in [6, 6.07) is 12.5. The van der Waals surface area contributed by atoms with Crippen LogP contribution < -0.4 is 0 Å². The van der Waals surface area contributed by atoms with Gasteiger partial charge in [-0.3, -0.25) is 0 Å². The Morgan fingerprint density at radius 1 is 0.857 bits per heavy atom. The van der Waals surface area contributed by atoms with Crippen molar-refractivity contribution in [2.45, 2.75) is 0 Å². The summed E-state index contributed by atoms with van der Waals surface area (Å²) in [5.41, 5.74) is 0. The molecule has 0 aliphatic heterocycles. The summed E-state index contributed by atoms with van der Waals surface area (Å²) in [4.78, 5) is 0. The summed E-state index contributed by atoms with van der Waals surface area (Å²) in [5, 5.41) is 0. The zero-order chi connectivity index (χ0) is 4.24. The van der Waals surface area contributed by atoms with Crippen molar-refractivity contribution in [3.05, 3.63) is 36.4 Å². The minimum atomic E-state index is 0. The first-order valence-electron chi connectivity index (χ1n) is 1.91. The molecule has 1 rings (SSSR count). The standard InChI is InChI=1S/C6H5.Sn/c1-2-4-6-5-3-1;/h1-5H;/q-1;+4. The van der Waals surface area contributed by atoms with E-state index in [1.807, 2.05) is 30.3 Å². The van der Waals surface area contributed by atoms with Gasteiger partial charge in [0.25, 0.3) is 0 Å². The summed E-state index contributed by atoms with van der Waals surface area (Å²) >= 11 is 0. The van der Waals surface area contributed by atoms with Crippen LogP contribution in [0, 0.1) is 6.07 Å². The maximum atomic E-state index is 2.89. The van der Waals surface area contributed by atoms with Gasteiger partial charge in [-0.1, -0.05) is 0 Å². The largest absolute Gasteiger partial charge is 4.00 e. The molecule has 7 heavy (non-hydrogen) atoms. The van der Waals surface area contributed by atoms with Crippen molar-refractivity contribution in [2.75, 3.05) is 0 Å². The predicted molar refractivity (Wildman–Crippen MR) is 31.0 cm³/mol. The summed E-state index contributed by atoms with van der Waals surface area (Å²) in [6.45, 7) is 0. The van der Waals surface area contributed by atoms with Crippen LogP contribution in [0.25, 0.3) is 0 Å². The molecule has 0 unspecified atom stereocenters. The molecular formula is C6H5Sn+3. The number of rotatable bonds is 0. The first kappa shape index (κ1) is 7.02. The Labute approximate surface area is 60.5 Å². The molecule has 0 aromatic heterocycles. The molecule has 0 spiro atoms. The molecule has 0 aliphatic carbocycles. The second-order valence-electron chi connectivity index (χ2n) is 1.08. The fraction of sp³-hybridized carbons (Fsp3) is 0. The second-order valence-corrected chi connectivity index (χ2v) is 1.08. The quantitative estimate of drug-likeness (QED) is 0.430. The molecule has 0 radical (unpaired) electrons. The van der Waals surface area contributed by atoms with E-state index in [2.05, 4.69) is 6.07 Å². The fourth-order valence-corrected chi connectivity index (χ4v) is 0.342. The first-order valence-corrected chi connectivity index (χ1v) is 1.91. The van der Waals surface area contributed by atoms with Crippen LogP contribution in [0.1, 0.15) is 0 Å². The minimum Gasteiger partial charge on any atom is -0.184 e. The molecule has 0 amide bonds. The Morgan fingerprint density at radius 3 is 1.57 bits per heavy atom. The maximum Gasteiger partial charge on any atom is 4.00 e. The molecule has 1 aromatic carbocycles. The molecule has 0 fully saturated rings. The van der Waals surface area contributed by atoms with E-state index < -0.39 is 0 Å². The third-order valence-corrected chi connectivity index (χ3v) is 0.607. The van der Waals surface area contributed by atoms with Crippen molar-refractivity contribution in [2.24, 2.45) is 0 Å². The second kappa shape index (κ2) is 4.18. The van der Waals surface area contributed by atoms with Crippen molar-refractivity contribution in [1.29, 1.82) is 0 Å². The SMILES string of the molecule is [Sn+4].[c-]1ccccc1. The molecule has 30 valence electrons. The molecule has 0 heterocycles. The average molecular weight is 196 g/mol. The third-order valence-electron chi connectivity index (χ3n) is 0.607. The van der Waals surface area contributed by atoms with Gasteiger partial charge in [0.1, 0.15) is 0 Å². The molecule has 0 saturated heterocycles. The Morgan fingerprint density at radius 2 is 1.43 bits per heavy atom. The number of hydrogen-bond acceptors (Lipinski definition) is 0. The van der Waals surface area contributed by atoms with Crippen LogP contribution in [0.5, 0.6) is 0 Å². The van der Waals surface area contributed by atoms with Crippen LogP contribution in [0.4, 0.5) is 0 Å². The van der Waals surface area contributed by atoms with Crippen LogP contribution in [-0.4, -0.2) is 23.9 Å². The monoisotopic (exact) mass is 197 g/mol. The van der Waals surface area contributed by atoms with E-state index in [0.29, 0.717) is 0 Å². The molecule has 0 atom stereocenters. The van der Waals surface area contributed by atoms with Crippen LogP contribution in [-0.2, 0) is 0 Å². The first-order chi connectivity index (χ1) is 3.00. The molecule has 0 N–H and O–H groups in total. The maximum absolute atomic E-state index is 2.89. The molecule has 0 saturated carbocycles. The van der Waals surface area contributed by atoms with Crippen molar-refractivity contribution >= 4 is 23.9 Å². The Kier molecular flexibility index (Phi) is 4.20. The molecule has 1 heteroatoms.